The summed E-state index contributed by atoms with van der Waals surface area (Å²) in [5.74, 6) is -0.0286. The Bertz CT molecular complexity index is 365. The van der Waals surface area contributed by atoms with Crippen LogP contribution in [0, 0.1) is 6.92 Å². The first-order chi connectivity index (χ1) is 8.63. The van der Waals surface area contributed by atoms with E-state index in [1.54, 1.807) is 7.11 Å². The zero-order valence-corrected chi connectivity index (χ0v) is 11.2. The summed E-state index contributed by atoms with van der Waals surface area (Å²) in [6.07, 6.45) is 1.82. The number of rotatable bonds is 7. The molecule has 0 bridgehead atoms. The van der Waals surface area contributed by atoms with E-state index in [4.69, 9.17) is 4.74 Å². The van der Waals surface area contributed by atoms with Crippen molar-refractivity contribution in [3.63, 3.8) is 0 Å². The van der Waals surface area contributed by atoms with E-state index in [2.05, 4.69) is 15.6 Å². The quantitative estimate of drug-likeness (QED) is 0.698. The van der Waals surface area contributed by atoms with Gasteiger partial charge in [-0.2, -0.15) is 0 Å². The number of pyridine rings is 1. The molecule has 2 N–H and O–H groups in total. The SMILES string of the molecule is COCCNC(=O)C(C)NCc1ccc(C)cn1. The van der Waals surface area contributed by atoms with Crippen LogP contribution in [0.5, 0.6) is 0 Å². The zero-order valence-electron chi connectivity index (χ0n) is 11.2. The highest BCUT2D eigenvalue weighted by Crippen LogP contribution is 1.98. The van der Waals surface area contributed by atoms with Crippen molar-refractivity contribution in [3.8, 4) is 0 Å². The van der Waals surface area contributed by atoms with Gasteiger partial charge in [-0.3, -0.25) is 9.78 Å². The Morgan fingerprint density at radius 1 is 1.50 bits per heavy atom. The summed E-state index contributed by atoms with van der Waals surface area (Å²) in [4.78, 5) is 15.9. The number of hydrogen-bond acceptors (Lipinski definition) is 4. The van der Waals surface area contributed by atoms with Gasteiger partial charge < -0.3 is 15.4 Å². The van der Waals surface area contributed by atoms with Gasteiger partial charge in [-0.25, -0.2) is 0 Å². The van der Waals surface area contributed by atoms with Crippen molar-refractivity contribution >= 4 is 5.91 Å². The number of carbonyl (C=O) groups is 1. The van der Waals surface area contributed by atoms with Crippen LogP contribution < -0.4 is 10.6 Å². The second-order valence-corrected chi connectivity index (χ2v) is 4.21. The van der Waals surface area contributed by atoms with E-state index in [0.29, 0.717) is 19.7 Å². The first kappa shape index (κ1) is 14.6. The van der Waals surface area contributed by atoms with Crippen LogP contribution >= 0.6 is 0 Å². The lowest BCUT2D eigenvalue weighted by Gasteiger charge is -2.13. The fourth-order valence-electron chi connectivity index (χ4n) is 1.38. The summed E-state index contributed by atoms with van der Waals surface area (Å²) < 4.78 is 4.87. The summed E-state index contributed by atoms with van der Waals surface area (Å²) in [6.45, 7) is 5.47. The van der Waals surface area contributed by atoms with Gasteiger partial charge in [0.2, 0.25) is 5.91 Å². The van der Waals surface area contributed by atoms with Crippen LogP contribution in [0.3, 0.4) is 0 Å². The van der Waals surface area contributed by atoms with Crippen LogP contribution in [0.15, 0.2) is 18.3 Å². The van der Waals surface area contributed by atoms with E-state index in [1.807, 2.05) is 32.2 Å². The topological polar surface area (TPSA) is 63.2 Å². The van der Waals surface area contributed by atoms with Crippen LogP contribution in [-0.4, -0.2) is 37.2 Å². The van der Waals surface area contributed by atoms with E-state index in [9.17, 15) is 4.79 Å². The van der Waals surface area contributed by atoms with Gasteiger partial charge in [0.25, 0.3) is 0 Å². The highest BCUT2D eigenvalue weighted by molar-refractivity contribution is 5.81. The zero-order chi connectivity index (χ0) is 13.4. The number of methoxy groups -OCH3 is 1. The van der Waals surface area contributed by atoms with Crippen molar-refractivity contribution in [1.29, 1.82) is 0 Å². The number of aryl methyl sites for hydroxylation is 1. The van der Waals surface area contributed by atoms with E-state index < -0.39 is 0 Å². The molecule has 1 atom stereocenters. The third kappa shape index (κ3) is 5.25. The molecule has 1 unspecified atom stereocenters. The molecule has 5 heteroatoms. The second kappa shape index (κ2) is 7.79. The maximum atomic E-state index is 11.6. The average Bonchev–Trinajstić information content (AvgIpc) is 2.38. The molecule has 1 aromatic rings. The molecule has 0 radical (unpaired) electrons. The van der Waals surface area contributed by atoms with Gasteiger partial charge in [0.05, 0.1) is 18.3 Å². The van der Waals surface area contributed by atoms with Gasteiger partial charge in [-0.15, -0.1) is 0 Å². The van der Waals surface area contributed by atoms with E-state index >= 15 is 0 Å². The van der Waals surface area contributed by atoms with Crippen molar-refractivity contribution in [1.82, 2.24) is 15.6 Å². The predicted octanol–water partition coefficient (Wildman–Crippen LogP) is 0.631. The molecule has 0 saturated carbocycles. The van der Waals surface area contributed by atoms with Crippen LogP contribution in [-0.2, 0) is 16.1 Å². The van der Waals surface area contributed by atoms with Gasteiger partial charge in [0, 0.05) is 26.4 Å². The van der Waals surface area contributed by atoms with Crippen molar-refractivity contribution in [2.45, 2.75) is 26.4 Å². The molecule has 0 saturated heterocycles. The van der Waals surface area contributed by atoms with Gasteiger partial charge in [-0.1, -0.05) is 6.07 Å². The number of hydrogen-bond donors (Lipinski definition) is 2. The Balaban J connectivity index is 2.29. The largest absolute Gasteiger partial charge is 0.383 e. The van der Waals surface area contributed by atoms with Crippen molar-refractivity contribution in [2.75, 3.05) is 20.3 Å². The predicted molar refractivity (Wildman–Crippen MR) is 70.2 cm³/mol. The molecule has 1 rings (SSSR count). The molecule has 5 nitrogen and oxygen atoms in total. The third-order valence-corrected chi connectivity index (χ3v) is 2.56. The lowest BCUT2D eigenvalue weighted by Crippen LogP contribution is -2.42. The fraction of sp³-hybridized carbons (Fsp3) is 0.538. The smallest absolute Gasteiger partial charge is 0.236 e. The summed E-state index contributed by atoms with van der Waals surface area (Å²) in [7, 11) is 1.61. The molecule has 1 aromatic heterocycles. The number of nitrogens with one attached hydrogen (secondary N) is 2. The Kier molecular flexibility index (Phi) is 6.32. The molecular formula is C13H21N3O2. The van der Waals surface area contributed by atoms with Gasteiger partial charge in [0.1, 0.15) is 0 Å². The molecule has 100 valence electrons. The molecule has 18 heavy (non-hydrogen) atoms. The minimum Gasteiger partial charge on any atom is -0.383 e. The minimum absolute atomic E-state index is 0.0286. The Morgan fingerprint density at radius 3 is 2.89 bits per heavy atom. The van der Waals surface area contributed by atoms with E-state index in [1.165, 1.54) is 0 Å². The van der Waals surface area contributed by atoms with Crippen molar-refractivity contribution < 1.29 is 9.53 Å². The summed E-state index contributed by atoms with van der Waals surface area (Å²) in [5.41, 5.74) is 2.06. The molecule has 0 aliphatic heterocycles. The van der Waals surface area contributed by atoms with Gasteiger partial charge in [0.15, 0.2) is 0 Å². The number of ether oxygens (including phenoxy) is 1. The lowest BCUT2D eigenvalue weighted by atomic mass is 10.2. The molecule has 1 heterocycles. The van der Waals surface area contributed by atoms with Gasteiger partial charge in [-0.05, 0) is 25.5 Å². The van der Waals surface area contributed by atoms with E-state index in [-0.39, 0.29) is 11.9 Å². The molecule has 0 aliphatic rings. The second-order valence-electron chi connectivity index (χ2n) is 4.21. The first-order valence-electron chi connectivity index (χ1n) is 6.05. The maximum absolute atomic E-state index is 11.6. The van der Waals surface area contributed by atoms with E-state index in [0.717, 1.165) is 11.3 Å². The van der Waals surface area contributed by atoms with Crippen LogP contribution in [0.1, 0.15) is 18.2 Å². The maximum Gasteiger partial charge on any atom is 0.236 e. The molecular weight excluding hydrogens is 230 g/mol. The minimum atomic E-state index is -0.245. The highest BCUT2D eigenvalue weighted by Gasteiger charge is 2.11. The van der Waals surface area contributed by atoms with Crippen molar-refractivity contribution in [3.05, 3.63) is 29.6 Å². The van der Waals surface area contributed by atoms with Crippen LogP contribution in [0.2, 0.25) is 0 Å². The van der Waals surface area contributed by atoms with Crippen molar-refractivity contribution in [2.24, 2.45) is 0 Å². The number of amides is 1. The normalized spacial score (nSPS) is 12.2. The number of aromatic nitrogens is 1. The first-order valence-corrected chi connectivity index (χ1v) is 6.05. The summed E-state index contributed by atoms with van der Waals surface area (Å²) in [5, 5.41) is 5.91. The highest BCUT2D eigenvalue weighted by atomic mass is 16.5. The summed E-state index contributed by atoms with van der Waals surface area (Å²) in [6, 6.07) is 3.72. The monoisotopic (exact) mass is 251 g/mol. The number of carbonyl (C=O) groups excluding carboxylic acids is 1. The lowest BCUT2D eigenvalue weighted by molar-refractivity contribution is -0.122. The summed E-state index contributed by atoms with van der Waals surface area (Å²) >= 11 is 0. The standard InChI is InChI=1S/C13H21N3O2/c1-10-4-5-12(16-8-10)9-15-11(2)13(17)14-6-7-18-3/h4-5,8,11,15H,6-7,9H2,1-3H3,(H,14,17). The van der Waals surface area contributed by atoms with Crippen LogP contribution in [0.4, 0.5) is 0 Å². The Hall–Kier alpha value is -1.46. The van der Waals surface area contributed by atoms with Gasteiger partial charge >= 0.3 is 0 Å². The fourth-order valence-corrected chi connectivity index (χ4v) is 1.38. The van der Waals surface area contributed by atoms with Crippen LogP contribution in [0.25, 0.3) is 0 Å². The third-order valence-electron chi connectivity index (χ3n) is 2.56. The molecule has 0 fully saturated rings. The Morgan fingerprint density at radius 2 is 2.28 bits per heavy atom. The average molecular weight is 251 g/mol. The number of nitrogens with zero attached hydrogens (tertiary/aromatic N) is 1. The molecule has 0 aliphatic carbocycles. The molecule has 0 spiro atoms. The Labute approximate surface area is 108 Å². The molecule has 0 aromatic carbocycles. The molecule has 1 amide bonds.